The van der Waals surface area contributed by atoms with E-state index in [1.54, 1.807) is 12.3 Å². The van der Waals surface area contributed by atoms with E-state index in [9.17, 15) is 4.79 Å². The summed E-state index contributed by atoms with van der Waals surface area (Å²) in [6.07, 6.45) is 3.76. The number of amides is 1. The smallest absolute Gasteiger partial charge is 0.225 e. The van der Waals surface area contributed by atoms with Crippen molar-refractivity contribution in [2.75, 3.05) is 6.54 Å². The van der Waals surface area contributed by atoms with Crippen LogP contribution in [0.25, 0.3) is 0 Å². The molecule has 1 aromatic heterocycles. The van der Waals surface area contributed by atoms with Crippen LogP contribution in [0, 0.1) is 5.92 Å². The zero-order valence-electron chi connectivity index (χ0n) is 11.2. The highest BCUT2D eigenvalue weighted by Crippen LogP contribution is 2.08. The molecule has 0 spiro atoms. The van der Waals surface area contributed by atoms with Gasteiger partial charge in [-0.1, -0.05) is 30.3 Å². The van der Waals surface area contributed by atoms with Crippen molar-refractivity contribution >= 4 is 5.91 Å². The van der Waals surface area contributed by atoms with Gasteiger partial charge in [0, 0.05) is 12.7 Å². The molecule has 0 aliphatic heterocycles. The summed E-state index contributed by atoms with van der Waals surface area (Å²) in [5.41, 5.74) is 7.60. The van der Waals surface area contributed by atoms with Crippen LogP contribution < -0.4 is 11.1 Å². The summed E-state index contributed by atoms with van der Waals surface area (Å²) in [5.74, 6) is -0.269. The molecule has 5 nitrogen and oxygen atoms in total. The van der Waals surface area contributed by atoms with Crippen LogP contribution in [0.2, 0.25) is 0 Å². The number of carbonyl (C=O) groups is 1. The second-order valence-electron chi connectivity index (χ2n) is 4.54. The van der Waals surface area contributed by atoms with Crippen LogP contribution in [0.3, 0.4) is 0 Å². The van der Waals surface area contributed by atoms with E-state index in [2.05, 4.69) is 15.3 Å². The number of nitrogens with two attached hydrogens (primary N) is 1. The standard InChI is InChI=1S/C15H18N4O/c16-9-13(8-12-4-2-1-3-5-12)15(20)18-10-14-6-7-17-11-19-14/h1-7,11,13H,8-10,16H2,(H,18,20). The highest BCUT2D eigenvalue weighted by atomic mass is 16.1. The molecule has 1 heterocycles. The third-order valence-electron chi connectivity index (χ3n) is 3.07. The Labute approximate surface area is 118 Å². The van der Waals surface area contributed by atoms with E-state index in [1.807, 2.05) is 30.3 Å². The van der Waals surface area contributed by atoms with E-state index in [0.29, 0.717) is 19.5 Å². The maximum absolute atomic E-state index is 12.1. The van der Waals surface area contributed by atoms with Crippen molar-refractivity contribution < 1.29 is 4.79 Å². The van der Waals surface area contributed by atoms with Gasteiger partial charge in [-0.2, -0.15) is 0 Å². The maximum Gasteiger partial charge on any atom is 0.225 e. The van der Waals surface area contributed by atoms with Crippen molar-refractivity contribution in [3.05, 3.63) is 60.2 Å². The van der Waals surface area contributed by atoms with Gasteiger partial charge in [-0.25, -0.2) is 9.97 Å². The Balaban J connectivity index is 1.89. The molecule has 0 bridgehead atoms. The lowest BCUT2D eigenvalue weighted by Gasteiger charge is -2.14. The molecule has 0 radical (unpaired) electrons. The molecule has 0 fully saturated rings. The average Bonchev–Trinajstić information content (AvgIpc) is 2.52. The average molecular weight is 270 g/mol. The van der Waals surface area contributed by atoms with Crippen molar-refractivity contribution in [1.29, 1.82) is 0 Å². The van der Waals surface area contributed by atoms with Crippen molar-refractivity contribution in [2.45, 2.75) is 13.0 Å². The van der Waals surface area contributed by atoms with E-state index in [1.165, 1.54) is 6.33 Å². The maximum atomic E-state index is 12.1. The number of carbonyl (C=O) groups excluding carboxylic acids is 1. The van der Waals surface area contributed by atoms with Crippen LogP contribution >= 0.6 is 0 Å². The number of nitrogens with one attached hydrogen (secondary N) is 1. The fraction of sp³-hybridized carbons (Fsp3) is 0.267. The summed E-state index contributed by atoms with van der Waals surface area (Å²) in [6, 6.07) is 11.6. The molecular formula is C15H18N4O. The highest BCUT2D eigenvalue weighted by molar-refractivity contribution is 5.79. The number of rotatable bonds is 6. The third-order valence-corrected chi connectivity index (χ3v) is 3.07. The highest BCUT2D eigenvalue weighted by Gasteiger charge is 2.17. The first kappa shape index (κ1) is 14.1. The van der Waals surface area contributed by atoms with Gasteiger partial charge in [-0.05, 0) is 18.1 Å². The van der Waals surface area contributed by atoms with Gasteiger partial charge in [-0.15, -0.1) is 0 Å². The summed E-state index contributed by atoms with van der Waals surface area (Å²) in [7, 11) is 0. The number of aromatic nitrogens is 2. The molecule has 1 aromatic carbocycles. The molecule has 5 heteroatoms. The monoisotopic (exact) mass is 270 g/mol. The van der Waals surface area contributed by atoms with Crippen LogP contribution in [-0.4, -0.2) is 22.4 Å². The third kappa shape index (κ3) is 4.13. The molecule has 3 N–H and O–H groups in total. The van der Waals surface area contributed by atoms with Crippen molar-refractivity contribution in [2.24, 2.45) is 11.7 Å². The molecular weight excluding hydrogens is 252 g/mol. The minimum atomic E-state index is -0.223. The first-order valence-electron chi connectivity index (χ1n) is 6.56. The molecule has 2 aromatic rings. The lowest BCUT2D eigenvalue weighted by atomic mass is 9.98. The molecule has 20 heavy (non-hydrogen) atoms. The zero-order valence-corrected chi connectivity index (χ0v) is 11.2. The number of nitrogens with zero attached hydrogens (tertiary/aromatic N) is 2. The predicted molar refractivity (Wildman–Crippen MR) is 76.6 cm³/mol. The van der Waals surface area contributed by atoms with E-state index < -0.39 is 0 Å². The molecule has 0 saturated heterocycles. The van der Waals surface area contributed by atoms with Crippen molar-refractivity contribution in [3.63, 3.8) is 0 Å². The molecule has 2 rings (SSSR count). The molecule has 0 saturated carbocycles. The van der Waals surface area contributed by atoms with Crippen LogP contribution in [0.5, 0.6) is 0 Å². The lowest BCUT2D eigenvalue weighted by molar-refractivity contribution is -0.124. The summed E-state index contributed by atoms with van der Waals surface area (Å²) in [4.78, 5) is 20.0. The van der Waals surface area contributed by atoms with Gasteiger partial charge in [-0.3, -0.25) is 4.79 Å². The predicted octanol–water partition coefficient (Wildman–Crippen LogP) is 0.910. The normalized spacial score (nSPS) is 11.8. The van der Waals surface area contributed by atoms with Gasteiger partial charge in [0.25, 0.3) is 0 Å². The quantitative estimate of drug-likeness (QED) is 0.817. The van der Waals surface area contributed by atoms with Gasteiger partial charge in [0.15, 0.2) is 0 Å². The Bertz CT molecular complexity index is 530. The molecule has 1 amide bonds. The van der Waals surface area contributed by atoms with Gasteiger partial charge in [0.1, 0.15) is 6.33 Å². The number of hydrogen-bond donors (Lipinski definition) is 2. The molecule has 1 unspecified atom stereocenters. The van der Waals surface area contributed by atoms with E-state index in [4.69, 9.17) is 5.73 Å². The van der Waals surface area contributed by atoms with Crippen molar-refractivity contribution in [1.82, 2.24) is 15.3 Å². The molecule has 1 atom stereocenters. The second kappa shape index (κ2) is 7.35. The second-order valence-corrected chi connectivity index (χ2v) is 4.54. The van der Waals surface area contributed by atoms with Crippen LogP contribution in [0.15, 0.2) is 48.9 Å². The number of benzene rings is 1. The van der Waals surface area contributed by atoms with E-state index >= 15 is 0 Å². The molecule has 0 aliphatic carbocycles. The summed E-state index contributed by atoms with van der Waals surface area (Å²) in [5, 5.41) is 2.86. The zero-order chi connectivity index (χ0) is 14.2. The Morgan fingerprint density at radius 1 is 1.25 bits per heavy atom. The fourth-order valence-corrected chi connectivity index (χ4v) is 1.93. The SMILES string of the molecule is NCC(Cc1ccccc1)C(=O)NCc1ccncn1. The molecule has 104 valence electrons. The summed E-state index contributed by atoms with van der Waals surface area (Å²) >= 11 is 0. The van der Waals surface area contributed by atoms with E-state index in [0.717, 1.165) is 11.3 Å². The van der Waals surface area contributed by atoms with Gasteiger partial charge < -0.3 is 11.1 Å². The minimum Gasteiger partial charge on any atom is -0.350 e. The Morgan fingerprint density at radius 2 is 2.05 bits per heavy atom. The van der Waals surface area contributed by atoms with Crippen molar-refractivity contribution in [3.8, 4) is 0 Å². The van der Waals surface area contributed by atoms with Crippen LogP contribution in [0.4, 0.5) is 0 Å². The number of hydrogen-bond acceptors (Lipinski definition) is 4. The Morgan fingerprint density at radius 3 is 2.70 bits per heavy atom. The first-order chi connectivity index (χ1) is 9.79. The Hall–Kier alpha value is -2.27. The van der Waals surface area contributed by atoms with Crippen LogP contribution in [-0.2, 0) is 17.8 Å². The Kier molecular flexibility index (Phi) is 5.20. The van der Waals surface area contributed by atoms with Gasteiger partial charge in [0.2, 0.25) is 5.91 Å². The lowest BCUT2D eigenvalue weighted by Crippen LogP contribution is -2.36. The first-order valence-corrected chi connectivity index (χ1v) is 6.56. The minimum absolute atomic E-state index is 0.0463. The van der Waals surface area contributed by atoms with Gasteiger partial charge >= 0.3 is 0 Å². The fourth-order valence-electron chi connectivity index (χ4n) is 1.93. The summed E-state index contributed by atoms with van der Waals surface area (Å²) < 4.78 is 0. The molecule has 0 aliphatic rings. The van der Waals surface area contributed by atoms with Gasteiger partial charge in [0.05, 0.1) is 18.2 Å². The summed E-state index contributed by atoms with van der Waals surface area (Å²) in [6.45, 7) is 0.719. The van der Waals surface area contributed by atoms with E-state index in [-0.39, 0.29) is 11.8 Å². The van der Waals surface area contributed by atoms with Crippen LogP contribution in [0.1, 0.15) is 11.3 Å². The topological polar surface area (TPSA) is 80.9 Å². The largest absolute Gasteiger partial charge is 0.350 e.